The van der Waals surface area contributed by atoms with Crippen LogP contribution in [0, 0.1) is 0 Å². The van der Waals surface area contributed by atoms with E-state index in [2.05, 4.69) is 65.3 Å². The molecule has 0 aromatic heterocycles. The molecule has 2 rings (SSSR count). The van der Waals surface area contributed by atoms with E-state index >= 15 is 0 Å². The number of rotatable bonds is 5. The zero-order valence-corrected chi connectivity index (χ0v) is 13.4. The zero-order valence-electron chi connectivity index (χ0n) is 11.0. The molecule has 100 valence electrons. The van der Waals surface area contributed by atoms with Gasteiger partial charge in [0.05, 0.1) is 0 Å². The van der Waals surface area contributed by atoms with Gasteiger partial charge >= 0.3 is 0 Å². The molecule has 2 aromatic rings. The Hall–Kier alpha value is -0.770. The molecule has 3 heteroatoms. The van der Waals surface area contributed by atoms with Crippen molar-refractivity contribution >= 4 is 27.7 Å². The van der Waals surface area contributed by atoms with Gasteiger partial charge in [0.2, 0.25) is 0 Å². The Morgan fingerprint density at radius 3 is 2.42 bits per heavy atom. The second-order valence-electron chi connectivity index (χ2n) is 4.44. The third-order valence-electron chi connectivity index (χ3n) is 3.07. The molecule has 2 aromatic carbocycles. The molecule has 0 heterocycles. The van der Waals surface area contributed by atoms with E-state index in [1.165, 1.54) is 16.0 Å². The third kappa shape index (κ3) is 4.10. The van der Waals surface area contributed by atoms with Crippen molar-refractivity contribution in [1.82, 2.24) is 0 Å². The normalized spacial score (nSPS) is 12.4. The van der Waals surface area contributed by atoms with Gasteiger partial charge in [-0.3, -0.25) is 0 Å². The number of halogens is 1. The van der Waals surface area contributed by atoms with Gasteiger partial charge in [0, 0.05) is 21.2 Å². The summed E-state index contributed by atoms with van der Waals surface area (Å²) in [5.41, 5.74) is 8.81. The number of hydrogen-bond donors (Lipinski definition) is 1. The molecule has 0 fully saturated rings. The van der Waals surface area contributed by atoms with E-state index in [0.717, 1.165) is 16.6 Å². The second-order valence-corrected chi connectivity index (χ2v) is 6.36. The van der Waals surface area contributed by atoms with Crippen molar-refractivity contribution in [3.63, 3.8) is 0 Å². The van der Waals surface area contributed by atoms with Crippen LogP contribution in [-0.2, 0) is 6.42 Å². The van der Waals surface area contributed by atoms with Gasteiger partial charge in [-0.15, -0.1) is 11.8 Å². The molecular formula is C16H18BrNS. The summed E-state index contributed by atoms with van der Waals surface area (Å²) in [6.45, 7) is 2.16. The number of aryl methyl sites for hydroxylation is 1. The first-order valence-corrected chi connectivity index (χ1v) is 8.20. The Morgan fingerprint density at radius 2 is 1.79 bits per heavy atom. The minimum Gasteiger partial charge on any atom is -0.323 e. The minimum atomic E-state index is 0.0722. The zero-order chi connectivity index (χ0) is 13.7. The maximum absolute atomic E-state index is 6.25. The molecule has 19 heavy (non-hydrogen) atoms. The van der Waals surface area contributed by atoms with Crippen LogP contribution in [0.4, 0.5) is 0 Å². The topological polar surface area (TPSA) is 26.0 Å². The van der Waals surface area contributed by atoms with Gasteiger partial charge < -0.3 is 5.73 Å². The van der Waals surface area contributed by atoms with E-state index in [1.54, 1.807) is 11.8 Å². The van der Waals surface area contributed by atoms with Gasteiger partial charge in [-0.2, -0.15) is 0 Å². The highest BCUT2D eigenvalue weighted by molar-refractivity contribution is 9.10. The SMILES string of the molecule is CCc1ccc(C(N)CSc2ccccc2Br)cc1. The van der Waals surface area contributed by atoms with Crippen molar-refractivity contribution < 1.29 is 0 Å². The monoisotopic (exact) mass is 335 g/mol. The van der Waals surface area contributed by atoms with Gasteiger partial charge in [-0.25, -0.2) is 0 Å². The van der Waals surface area contributed by atoms with Crippen LogP contribution < -0.4 is 5.73 Å². The number of hydrogen-bond acceptors (Lipinski definition) is 2. The molecule has 0 aliphatic heterocycles. The molecule has 2 N–H and O–H groups in total. The van der Waals surface area contributed by atoms with E-state index in [4.69, 9.17) is 5.73 Å². The van der Waals surface area contributed by atoms with Crippen LogP contribution >= 0.6 is 27.7 Å². The van der Waals surface area contributed by atoms with E-state index in [9.17, 15) is 0 Å². The highest BCUT2D eigenvalue weighted by atomic mass is 79.9. The predicted molar refractivity (Wildman–Crippen MR) is 87.6 cm³/mol. The molecule has 0 aliphatic carbocycles. The molecule has 1 atom stereocenters. The predicted octanol–water partition coefficient (Wildman–Crippen LogP) is 4.80. The van der Waals surface area contributed by atoms with Gasteiger partial charge in [0.1, 0.15) is 0 Å². The first kappa shape index (κ1) is 14.6. The Labute approximate surface area is 127 Å². The van der Waals surface area contributed by atoms with E-state index < -0.39 is 0 Å². The van der Waals surface area contributed by atoms with Crippen LogP contribution in [0.3, 0.4) is 0 Å². The Kier molecular flexibility index (Phi) is 5.49. The Bertz CT molecular complexity index is 525. The highest BCUT2D eigenvalue weighted by Crippen LogP contribution is 2.29. The molecule has 0 amide bonds. The lowest BCUT2D eigenvalue weighted by molar-refractivity contribution is 0.830. The summed E-state index contributed by atoms with van der Waals surface area (Å²) >= 11 is 5.35. The molecular weight excluding hydrogens is 318 g/mol. The van der Waals surface area contributed by atoms with Crippen LogP contribution in [0.15, 0.2) is 57.9 Å². The summed E-state index contributed by atoms with van der Waals surface area (Å²) in [6.07, 6.45) is 1.07. The quantitative estimate of drug-likeness (QED) is 0.794. The van der Waals surface area contributed by atoms with E-state index in [0.29, 0.717) is 0 Å². The largest absolute Gasteiger partial charge is 0.323 e. The first-order valence-electron chi connectivity index (χ1n) is 6.42. The van der Waals surface area contributed by atoms with Crippen molar-refractivity contribution in [3.05, 3.63) is 64.1 Å². The fourth-order valence-electron chi connectivity index (χ4n) is 1.84. The Balaban J connectivity index is 1.97. The maximum Gasteiger partial charge on any atom is 0.0390 e. The van der Waals surface area contributed by atoms with Crippen LogP contribution in [0.2, 0.25) is 0 Å². The van der Waals surface area contributed by atoms with Crippen LogP contribution in [0.5, 0.6) is 0 Å². The van der Waals surface area contributed by atoms with Gasteiger partial charge in [0.25, 0.3) is 0 Å². The van der Waals surface area contributed by atoms with Crippen LogP contribution in [0.1, 0.15) is 24.1 Å². The van der Waals surface area contributed by atoms with Crippen molar-refractivity contribution in [2.24, 2.45) is 5.73 Å². The average Bonchev–Trinajstić information content (AvgIpc) is 2.46. The summed E-state index contributed by atoms with van der Waals surface area (Å²) in [7, 11) is 0. The fraction of sp³-hybridized carbons (Fsp3) is 0.250. The lowest BCUT2D eigenvalue weighted by Gasteiger charge is -2.13. The van der Waals surface area contributed by atoms with Crippen molar-refractivity contribution in [3.8, 4) is 0 Å². The lowest BCUT2D eigenvalue weighted by atomic mass is 10.1. The van der Waals surface area contributed by atoms with E-state index in [-0.39, 0.29) is 6.04 Å². The molecule has 0 saturated heterocycles. The third-order valence-corrected chi connectivity index (χ3v) is 5.22. The highest BCUT2D eigenvalue weighted by Gasteiger charge is 2.08. The fourth-order valence-corrected chi connectivity index (χ4v) is 3.40. The van der Waals surface area contributed by atoms with Gasteiger partial charge in [0.15, 0.2) is 0 Å². The summed E-state index contributed by atoms with van der Waals surface area (Å²) in [5.74, 6) is 0.883. The van der Waals surface area contributed by atoms with Crippen molar-refractivity contribution in [2.75, 3.05) is 5.75 Å². The van der Waals surface area contributed by atoms with Gasteiger partial charge in [-0.1, -0.05) is 43.3 Å². The molecule has 0 radical (unpaired) electrons. The molecule has 0 aliphatic rings. The standard InChI is InChI=1S/C16H18BrNS/c1-2-12-7-9-13(10-8-12)15(18)11-19-16-6-4-3-5-14(16)17/h3-10,15H,2,11,18H2,1H3. The summed E-state index contributed by atoms with van der Waals surface area (Å²) in [4.78, 5) is 1.24. The molecule has 0 saturated carbocycles. The van der Waals surface area contributed by atoms with Crippen LogP contribution in [0.25, 0.3) is 0 Å². The smallest absolute Gasteiger partial charge is 0.0390 e. The Morgan fingerprint density at radius 1 is 1.11 bits per heavy atom. The molecule has 1 nitrogen and oxygen atoms in total. The summed E-state index contributed by atoms with van der Waals surface area (Å²) in [6, 6.07) is 16.9. The molecule has 1 unspecified atom stereocenters. The van der Waals surface area contributed by atoms with E-state index in [1.807, 2.05) is 6.07 Å². The minimum absolute atomic E-state index is 0.0722. The lowest BCUT2D eigenvalue weighted by Crippen LogP contribution is -2.12. The van der Waals surface area contributed by atoms with Crippen molar-refractivity contribution in [1.29, 1.82) is 0 Å². The van der Waals surface area contributed by atoms with Crippen molar-refractivity contribution in [2.45, 2.75) is 24.3 Å². The number of nitrogens with two attached hydrogens (primary N) is 1. The first-order chi connectivity index (χ1) is 9.20. The van der Waals surface area contributed by atoms with Gasteiger partial charge in [-0.05, 0) is 45.6 Å². The molecule has 0 spiro atoms. The average molecular weight is 336 g/mol. The number of thioether (sulfide) groups is 1. The van der Waals surface area contributed by atoms with Crippen LogP contribution in [-0.4, -0.2) is 5.75 Å². The second kappa shape index (κ2) is 7.13. The number of benzene rings is 2. The molecule has 0 bridgehead atoms. The summed E-state index contributed by atoms with van der Waals surface area (Å²) in [5, 5.41) is 0. The maximum atomic E-state index is 6.25. The summed E-state index contributed by atoms with van der Waals surface area (Å²) < 4.78 is 1.13.